The highest BCUT2D eigenvalue weighted by Crippen LogP contribution is 2.39. The number of benzene rings is 2. The van der Waals surface area contributed by atoms with Crippen molar-refractivity contribution in [2.45, 2.75) is 25.0 Å². The molecule has 1 atom stereocenters. The molecule has 0 saturated carbocycles. The van der Waals surface area contributed by atoms with Gasteiger partial charge in [0, 0.05) is 17.9 Å². The lowest BCUT2D eigenvalue weighted by molar-refractivity contribution is -0.605. The summed E-state index contributed by atoms with van der Waals surface area (Å²) in [6.45, 7) is 1.04. The molecule has 0 bridgehead atoms. The molecule has 36 heavy (non-hydrogen) atoms. The molecule has 190 valence electrons. The van der Waals surface area contributed by atoms with Crippen molar-refractivity contribution in [2.24, 2.45) is 0 Å². The molecule has 1 aromatic heterocycles. The normalized spacial score (nSPS) is 14.6. The third-order valence-electron chi connectivity index (χ3n) is 6.09. The smallest absolute Gasteiger partial charge is 0.335 e. The number of halogens is 2. The van der Waals surface area contributed by atoms with Gasteiger partial charge >= 0.3 is 5.97 Å². The Kier molecular flexibility index (Phi) is 8.21. The number of carbonyl (C=O) groups is 1. The van der Waals surface area contributed by atoms with Crippen molar-refractivity contribution in [3.63, 3.8) is 0 Å². The number of pyridine rings is 1. The first-order valence-corrected chi connectivity index (χ1v) is 11.9. The van der Waals surface area contributed by atoms with E-state index in [4.69, 9.17) is 42.1 Å². The maximum Gasteiger partial charge on any atom is 0.335 e. The average molecular weight is 534 g/mol. The van der Waals surface area contributed by atoms with Gasteiger partial charge in [0.25, 0.3) is 0 Å². The Labute approximate surface area is 218 Å². The van der Waals surface area contributed by atoms with Crippen LogP contribution in [-0.2, 0) is 22.3 Å². The van der Waals surface area contributed by atoms with Gasteiger partial charge in [0.15, 0.2) is 30.2 Å². The minimum absolute atomic E-state index is 0.133. The number of hydrogen-bond acceptors (Lipinski definition) is 6. The maximum atomic E-state index is 12.3. The standard InChI is InChI=1S/C26H25Cl2NO7/c1-33-23-6-4-16(11-24(23)34-2)18(12-20-21(27)13-29(32)14-22(20)28)19-9-15(3-5-17(19)26(30)31)10-25-35-7-8-36-25/h3-6,9,11,13-14,18,25H,7-8,10,12H2,1-2H3,(H,30,31)/t18-/m0/s1. The summed E-state index contributed by atoms with van der Waals surface area (Å²) in [5.74, 6) is -0.550. The van der Waals surface area contributed by atoms with E-state index >= 15 is 0 Å². The number of carboxylic acid groups (broad SMARTS) is 1. The van der Waals surface area contributed by atoms with Crippen LogP contribution in [0.2, 0.25) is 10.0 Å². The summed E-state index contributed by atoms with van der Waals surface area (Å²) in [5.41, 5.74) is 2.82. The Morgan fingerprint density at radius 1 is 1.08 bits per heavy atom. The Balaban J connectivity index is 1.87. The third-order valence-corrected chi connectivity index (χ3v) is 6.74. The van der Waals surface area contributed by atoms with Gasteiger partial charge in [-0.1, -0.05) is 41.4 Å². The number of methoxy groups -OCH3 is 2. The summed E-state index contributed by atoms with van der Waals surface area (Å²) in [7, 11) is 3.06. The SMILES string of the molecule is COc1ccc([C@H](Cc2c(Cl)c[n+]([O-])cc2Cl)c2cc(CC3OCCO3)ccc2C(=O)O)cc1OC. The maximum absolute atomic E-state index is 12.3. The van der Waals surface area contributed by atoms with Gasteiger partial charge in [-0.15, -0.1) is 0 Å². The van der Waals surface area contributed by atoms with Gasteiger partial charge in [-0.3, -0.25) is 0 Å². The molecule has 1 fully saturated rings. The van der Waals surface area contributed by atoms with E-state index in [2.05, 4.69) is 0 Å². The quantitative estimate of drug-likeness (QED) is 0.316. The van der Waals surface area contributed by atoms with Crippen LogP contribution in [0.1, 0.15) is 38.5 Å². The molecule has 2 heterocycles. The van der Waals surface area contributed by atoms with Crippen LogP contribution in [0.15, 0.2) is 48.8 Å². The zero-order valence-electron chi connectivity index (χ0n) is 19.7. The fourth-order valence-electron chi connectivity index (χ4n) is 4.35. The zero-order chi connectivity index (χ0) is 25.8. The van der Waals surface area contributed by atoms with Gasteiger partial charge < -0.3 is 29.3 Å². The number of aromatic nitrogens is 1. The molecule has 1 N–H and O–H groups in total. The lowest BCUT2D eigenvalue weighted by Crippen LogP contribution is -2.25. The van der Waals surface area contributed by atoms with E-state index in [1.165, 1.54) is 26.6 Å². The monoisotopic (exact) mass is 533 g/mol. The molecular formula is C26H25Cl2NO7. The molecule has 8 nitrogen and oxygen atoms in total. The van der Waals surface area contributed by atoms with E-state index in [1.54, 1.807) is 24.3 Å². The molecule has 3 aromatic rings. The van der Waals surface area contributed by atoms with Crippen LogP contribution in [0, 0.1) is 5.21 Å². The molecule has 1 saturated heterocycles. The highest BCUT2D eigenvalue weighted by Gasteiger charge is 2.27. The number of carboxylic acids is 1. The number of aromatic carboxylic acids is 1. The summed E-state index contributed by atoms with van der Waals surface area (Å²) in [6, 6.07) is 10.6. The largest absolute Gasteiger partial charge is 0.619 e. The second-order valence-corrected chi connectivity index (χ2v) is 9.08. The van der Waals surface area contributed by atoms with Gasteiger partial charge in [0.1, 0.15) is 10.0 Å². The molecule has 1 aliphatic rings. The molecule has 2 aromatic carbocycles. The fraction of sp³-hybridized carbons (Fsp3) is 0.308. The van der Waals surface area contributed by atoms with Crippen LogP contribution in [0.3, 0.4) is 0 Å². The Hall–Kier alpha value is -3.04. The summed E-state index contributed by atoms with van der Waals surface area (Å²) in [5, 5.41) is 22.2. The number of hydrogen-bond donors (Lipinski definition) is 1. The molecular weight excluding hydrogens is 509 g/mol. The third kappa shape index (κ3) is 5.68. The van der Waals surface area contributed by atoms with E-state index in [0.29, 0.717) is 47.0 Å². The molecule has 10 heteroatoms. The van der Waals surface area contributed by atoms with Gasteiger partial charge in [-0.05, 0) is 41.3 Å². The first-order chi connectivity index (χ1) is 17.3. The van der Waals surface area contributed by atoms with Crippen molar-refractivity contribution in [2.75, 3.05) is 27.4 Å². The van der Waals surface area contributed by atoms with E-state index < -0.39 is 18.2 Å². The van der Waals surface area contributed by atoms with Gasteiger partial charge in [0.2, 0.25) is 0 Å². The Morgan fingerprint density at radius 3 is 2.36 bits per heavy atom. The first kappa shape index (κ1) is 26.0. The second kappa shape index (κ2) is 11.3. The van der Waals surface area contributed by atoms with Crippen LogP contribution >= 0.6 is 23.2 Å². The molecule has 0 radical (unpaired) electrons. The molecule has 0 spiro atoms. The summed E-state index contributed by atoms with van der Waals surface area (Å²) in [4.78, 5) is 12.3. The number of nitrogens with zero attached hydrogens (tertiary/aromatic N) is 1. The van der Waals surface area contributed by atoms with E-state index in [0.717, 1.165) is 11.1 Å². The average Bonchev–Trinajstić information content (AvgIpc) is 3.36. The van der Waals surface area contributed by atoms with Crippen molar-refractivity contribution in [1.29, 1.82) is 0 Å². The van der Waals surface area contributed by atoms with E-state index in [-0.39, 0.29) is 22.0 Å². The van der Waals surface area contributed by atoms with E-state index in [1.807, 2.05) is 12.1 Å². The minimum atomic E-state index is -1.07. The second-order valence-electron chi connectivity index (χ2n) is 8.27. The van der Waals surface area contributed by atoms with Crippen molar-refractivity contribution in [3.05, 3.63) is 91.9 Å². The predicted molar refractivity (Wildman–Crippen MR) is 133 cm³/mol. The van der Waals surface area contributed by atoms with E-state index in [9.17, 15) is 15.1 Å². The topological polar surface area (TPSA) is 101 Å². The van der Waals surface area contributed by atoms with Crippen molar-refractivity contribution in [1.82, 2.24) is 0 Å². The minimum Gasteiger partial charge on any atom is -0.619 e. The van der Waals surface area contributed by atoms with Crippen molar-refractivity contribution in [3.8, 4) is 11.5 Å². The molecule has 0 aliphatic carbocycles. The Morgan fingerprint density at radius 2 is 1.75 bits per heavy atom. The predicted octanol–water partition coefficient (Wildman–Crippen LogP) is 4.63. The fourth-order valence-corrected chi connectivity index (χ4v) is 4.95. The highest BCUT2D eigenvalue weighted by atomic mass is 35.5. The van der Waals surface area contributed by atoms with Crippen LogP contribution in [0.5, 0.6) is 11.5 Å². The van der Waals surface area contributed by atoms with Gasteiger partial charge in [-0.25, -0.2) is 4.79 Å². The first-order valence-electron chi connectivity index (χ1n) is 11.2. The highest BCUT2D eigenvalue weighted by molar-refractivity contribution is 6.35. The Bertz CT molecular complexity index is 1240. The van der Waals surface area contributed by atoms with Crippen molar-refractivity contribution < 1.29 is 33.6 Å². The zero-order valence-corrected chi connectivity index (χ0v) is 21.2. The summed E-state index contributed by atoms with van der Waals surface area (Å²) in [6.07, 6.45) is 2.75. The van der Waals surface area contributed by atoms with Crippen molar-refractivity contribution >= 4 is 29.2 Å². The van der Waals surface area contributed by atoms with Crippen LogP contribution in [0.4, 0.5) is 0 Å². The van der Waals surface area contributed by atoms with Gasteiger partial charge in [-0.2, -0.15) is 4.73 Å². The molecule has 1 aliphatic heterocycles. The number of ether oxygens (including phenoxy) is 4. The lowest BCUT2D eigenvalue weighted by atomic mass is 9.82. The lowest BCUT2D eigenvalue weighted by Gasteiger charge is -2.23. The molecule has 4 rings (SSSR count). The van der Waals surface area contributed by atoms with Crippen LogP contribution < -0.4 is 14.2 Å². The molecule has 0 unspecified atom stereocenters. The van der Waals surface area contributed by atoms with Crippen LogP contribution in [-0.4, -0.2) is 44.8 Å². The molecule has 0 amide bonds. The van der Waals surface area contributed by atoms with Crippen LogP contribution in [0.25, 0.3) is 0 Å². The number of rotatable bonds is 9. The van der Waals surface area contributed by atoms with Gasteiger partial charge in [0.05, 0.1) is 33.0 Å². The summed E-state index contributed by atoms with van der Waals surface area (Å²) < 4.78 is 22.6. The summed E-state index contributed by atoms with van der Waals surface area (Å²) >= 11 is 12.8.